The molecule has 4 nitrogen and oxygen atoms in total. The third-order valence-electron chi connectivity index (χ3n) is 1.77. The van der Waals surface area contributed by atoms with Gasteiger partial charge in [0.05, 0.1) is 0 Å². The van der Waals surface area contributed by atoms with Crippen molar-refractivity contribution in [2.45, 2.75) is 25.8 Å². The zero-order chi connectivity index (χ0) is 12.4. The Hall–Kier alpha value is -1.01. The summed E-state index contributed by atoms with van der Waals surface area (Å²) in [6, 6.07) is 2.41. The maximum absolute atomic E-state index is 13.2. The summed E-state index contributed by atoms with van der Waals surface area (Å²) < 4.78 is 38.9. The van der Waals surface area contributed by atoms with Crippen molar-refractivity contribution >= 4 is 10.0 Å². The van der Waals surface area contributed by atoms with Crippen LogP contribution in [0.4, 0.5) is 4.39 Å². The van der Waals surface area contributed by atoms with Crippen LogP contribution in [0.5, 0.6) is 0 Å². The third-order valence-corrected chi connectivity index (χ3v) is 3.11. The Labute approximate surface area is 95.0 Å². The average Bonchev–Trinajstić information content (AvgIpc) is 2.14. The molecule has 1 aromatic rings. The molecule has 0 radical (unpaired) electrons. The summed E-state index contributed by atoms with van der Waals surface area (Å²) in [5, 5.41) is -0.556. The molecule has 0 aliphatic carbocycles. The summed E-state index contributed by atoms with van der Waals surface area (Å²) >= 11 is 0. The minimum atomic E-state index is -3.86. The number of aromatic nitrogens is 1. The molecule has 0 aromatic carbocycles. The van der Waals surface area contributed by atoms with Crippen molar-refractivity contribution in [3.05, 3.63) is 24.1 Å². The molecule has 0 aliphatic heterocycles. The van der Waals surface area contributed by atoms with Crippen LogP contribution in [0.1, 0.15) is 20.8 Å². The van der Waals surface area contributed by atoms with Crippen LogP contribution < -0.4 is 4.72 Å². The van der Waals surface area contributed by atoms with Crippen LogP contribution in [0.15, 0.2) is 23.4 Å². The number of sulfonamides is 1. The van der Waals surface area contributed by atoms with Gasteiger partial charge in [0.25, 0.3) is 10.0 Å². The molecule has 0 spiro atoms. The molecule has 16 heavy (non-hydrogen) atoms. The molecule has 1 aromatic heterocycles. The van der Waals surface area contributed by atoms with E-state index in [1.165, 1.54) is 12.3 Å². The molecule has 0 aliphatic rings. The van der Waals surface area contributed by atoms with Crippen LogP contribution in [-0.2, 0) is 10.0 Å². The summed E-state index contributed by atoms with van der Waals surface area (Å²) in [4.78, 5) is 3.53. The highest BCUT2D eigenvalue weighted by Gasteiger charge is 2.22. The molecule has 0 atom stereocenters. The van der Waals surface area contributed by atoms with Crippen molar-refractivity contribution < 1.29 is 12.8 Å². The fraction of sp³-hybridized carbons (Fsp3) is 0.500. The topological polar surface area (TPSA) is 59.1 Å². The minimum absolute atomic E-state index is 0.210. The van der Waals surface area contributed by atoms with E-state index in [1.54, 1.807) is 0 Å². The molecule has 90 valence electrons. The molecule has 1 rings (SSSR count). The second kappa shape index (κ2) is 4.47. The number of rotatable bonds is 3. The Kier molecular flexibility index (Phi) is 3.64. The zero-order valence-electron chi connectivity index (χ0n) is 9.49. The van der Waals surface area contributed by atoms with Crippen LogP contribution in [0.25, 0.3) is 0 Å². The molecule has 6 heteroatoms. The van der Waals surface area contributed by atoms with Gasteiger partial charge in [0.1, 0.15) is 0 Å². The number of hydrogen-bond donors (Lipinski definition) is 1. The van der Waals surface area contributed by atoms with Crippen LogP contribution in [0.2, 0.25) is 0 Å². The second-order valence-corrected chi connectivity index (χ2v) is 6.36. The number of halogens is 1. The largest absolute Gasteiger partial charge is 0.261 e. The normalized spacial score (nSPS) is 12.8. The Balaban J connectivity index is 2.92. The SMILES string of the molecule is CC(C)(C)CNS(=O)(=O)c1ncccc1F. The van der Waals surface area contributed by atoms with Crippen molar-refractivity contribution in [3.8, 4) is 0 Å². The summed E-state index contributed by atoms with van der Waals surface area (Å²) in [5.41, 5.74) is -0.210. The van der Waals surface area contributed by atoms with E-state index in [0.717, 1.165) is 6.07 Å². The predicted octanol–water partition coefficient (Wildman–Crippen LogP) is 1.55. The maximum atomic E-state index is 13.2. The van der Waals surface area contributed by atoms with E-state index in [2.05, 4.69) is 9.71 Å². The first kappa shape index (κ1) is 13.1. The summed E-state index contributed by atoms with van der Waals surface area (Å²) in [6.45, 7) is 5.87. The van der Waals surface area contributed by atoms with Crippen LogP contribution >= 0.6 is 0 Å². The molecule has 0 saturated heterocycles. The average molecular weight is 246 g/mol. The van der Waals surface area contributed by atoms with Gasteiger partial charge in [-0.1, -0.05) is 20.8 Å². The highest BCUT2D eigenvalue weighted by Crippen LogP contribution is 2.14. The quantitative estimate of drug-likeness (QED) is 0.880. The van der Waals surface area contributed by atoms with Gasteiger partial charge in [0, 0.05) is 12.7 Å². The standard InChI is InChI=1S/C10H15FN2O2S/c1-10(2,3)7-13-16(14,15)9-8(11)5-4-6-12-9/h4-6,13H,7H2,1-3H3. The fourth-order valence-electron chi connectivity index (χ4n) is 0.949. The molecule has 0 fully saturated rings. The van der Waals surface area contributed by atoms with Gasteiger partial charge in [-0.25, -0.2) is 22.5 Å². The first-order valence-corrected chi connectivity index (χ1v) is 6.31. The summed E-state index contributed by atoms with van der Waals surface area (Å²) in [6.07, 6.45) is 1.24. The summed E-state index contributed by atoms with van der Waals surface area (Å²) in [7, 11) is -3.86. The number of pyridine rings is 1. The van der Waals surface area contributed by atoms with E-state index in [9.17, 15) is 12.8 Å². The van der Waals surface area contributed by atoms with Crippen molar-refractivity contribution in [3.63, 3.8) is 0 Å². The van der Waals surface area contributed by atoms with E-state index in [4.69, 9.17) is 0 Å². The Bertz CT molecular complexity index is 466. The molecule has 1 N–H and O–H groups in total. The van der Waals surface area contributed by atoms with Gasteiger partial charge in [-0.15, -0.1) is 0 Å². The van der Waals surface area contributed by atoms with Gasteiger partial charge >= 0.3 is 0 Å². The van der Waals surface area contributed by atoms with Gasteiger partial charge in [-0.05, 0) is 17.5 Å². The first-order valence-electron chi connectivity index (χ1n) is 4.82. The molecule has 1 heterocycles. The number of nitrogens with one attached hydrogen (secondary N) is 1. The van der Waals surface area contributed by atoms with E-state index >= 15 is 0 Å². The van der Waals surface area contributed by atoms with Crippen molar-refractivity contribution in [2.24, 2.45) is 5.41 Å². The fourth-order valence-corrected chi connectivity index (χ4v) is 2.23. The minimum Gasteiger partial charge on any atom is -0.241 e. The lowest BCUT2D eigenvalue weighted by molar-refractivity contribution is 0.406. The van der Waals surface area contributed by atoms with Gasteiger partial charge in [0.2, 0.25) is 5.03 Å². The molecule has 0 amide bonds. The summed E-state index contributed by atoms with van der Waals surface area (Å²) in [5.74, 6) is -0.844. The van der Waals surface area contributed by atoms with Crippen LogP contribution in [0.3, 0.4) is 0 Å². The number of nitrogens with zero attached hydrogens (tertiary/aromatic N) is 1. The molecule has 0 bridgehead atoms. The highest BCUT2D eigenvalue weighted by atomic mass is 32.2. The van der Waals surface area contributed by atoms with Crippen molar-refractivity contribution in [1.82, 2.24) is 9.71 Å². The van der Waals surface area contributed by atoms with Gasteiger partial charge < -0.3 is 0 Å². The maximum Gasteiger partial charge on any atom is 0.261 e. The molecular weight excluding hydrogens is 231 g/mol. The molecule has 0 saturated carbocycles. The highest BCUT2D eigenvalue weighted by molar-refractivity contribution is 7.89. The van der Waals surface area contributed by atoms with Crippen molar-refractivity contribution in [1.29, 1.82) is 0 Å². The predicted molar refractivity (Wildman–Crippen MR) is 58.8 cm³/mol. The van der Waals surface area contributed by atoms with Gasteiger partial charge in [-0.3, -0.25) is 0 Å². The lowest BCUT2D eigenvalue weighted by atomic mass is 9.98. The van der Waals surface area contributed by atoms with E-state index in [-0.39, 0.29) is 12.0 Å². The lowest BCUT2D eigenvalue weighted by Crippen LogP contribution is -2.33. The van der Waals surface area contributed by atoms with Crippen LogP contribution in [-0.4, -0.2) is 19.9 Å². The Morgan fingerprint density at radius 2 is 2.06 bits per heavy atom. The van der Waals surface area contributed by atoms with Gasteiger partial charge in [0.15, 0.2) is 5.82 Å². The zero-order valence-corrected chi connectivity index (χ0v) is 10.3. The molecular formula is C10H15FN2O2S. The smallest absolute Gasteiger partial charge is 0.241 e. The Morgan fingerprint density at radius 1 is 1.44 bits per heavy atom. The van der Waals surface area contributed by atoms with E-state index in [0.29, 0.717) is 0 Å². The Morgan fingerprint density at radius 3 is 2.56 bits per heavy atom. The lowest BCUT2D eigenvalue weighted by Gasteiger charge is -2.18. The van der Waals surface area contributed by atoms with Crippen LogP contribution in [0, 0.1) is 11.2 Å². The van der Waals surface area contributed by atoms with Crippen molar-refractivity contribution in [2.75, 3.05) is 6.54 Å². The second-order valence-electron chi connectivity index (χ2n) is 4.68. The third kappa shape index (κ3) is 3.53. The van der Waals surface area contributed by atoms with E-state index < -0.39 is 20.9 Å². The van der Waals surface area contributed by atoms with Gasteiger partial charge in [-0.2, -0.15) is 0 Å². The monoisotopic (exact) mass is 246 g/mol. The molecule has 0 unspecified atom stereocenters. The first-order chi connectivity index (χ1) is 7.22. The van der Waals surface area contributed by atoms with E-state index in [1.807, 2.05) is 20.8 Å². The number of hydrogen-bond acceptors (Lipinski definition) is 3.